The molecule has 1 aromatic carbocycles. The number of rotatable bonds is 8. The van der Waals surface area contributed by atoms with Crippen molar-refractivity contribution >= 4 is 17.3 Å². The molecule has 0 saturated heterocycles. The Morgan fingerprint density at radius 2 is 2.04 bits per heavy atom. The van der Waals surface area contributed by atoms with E-state index in [2.05, 4.69) is 22.1 Å². The number of para-hydroxylation sites is 2. The van der Waals surface area contributed by atoms with Crippen molar-refractivity contribution in [3.63, 3.8) is 0 Å². The van der Waals surface area contributed by atoms with Crippen molar-refractivity contribution in [2.45, 2.75) is 26.7 Å². The second-order valence-electron chi connectivity index (χ2n) is 5.56. The van der Waals surface area contributed by atoms with E-state index >= 15 is 0 Å². The molecular weight excluding hydrogens is 302 g/mol. The predicted molar refractivity (Wildman–Crippen MR) is 98.0 cm³/mol. The van der Waals surface area contributed by atoms with Gasteiger partial charge in [0.2, 0.25) is 0 Å². The first kappa shape index (κ1) is 17.8. The molecule has 0 fully saturated rings. The number of nitrogens with zero attached hydrogens (tertiary/aromatic N) is 2. The van der Waals surface area contributed by atoms with Crippen LogP contribution < -0.4 is 15.0 Å². The molecule has 0 radical (unpaired) electrons. The first-order chi connectivity index (χ1) is 11.7. The fourth-order valence-electron chi connectivity index (χ4n) is 2.34. The summed E-state index contributed by atoms with van der Waals surface area (Å²) < 4.78 is 5.54. The van der Waals surface area contributed by atoms with Gasteiger partial charge in [-0.1, -0.05) is 25.5 Å². The molecule has 24 heavy (non-hydrogen) atoms. The van der Waals surface area contributed by atoms with Crippen LogP contribution in [0.15, 0.2) is 42.6 Å². The summed E-state index contributed by atoms with van der Waals surface area (Å²) in [5.41, 5.74) is 2.03. The van der Waals surface area contributed by atoms with Crippen LogP contribution in [0.4, 0.5) is 11.4 Å². The van der Waals surface area contributed by atoms with E-state index in [1.807, 2.05) is 50.4 Å². The van der Waals surface area contributed by atoms with Gasteiger partial charge in [-0.25, -0.2) is 0 Å². The van der Waals surface area contributed by atoms with Crippen molar-refractivity contribution in [3.05, 3.63) is 48.3 Å². The average Bonchev–Trinajstić information content (AvgIpc) is 2.61. The van der Waals surface area contributed by atoms with Crippen molar-refractivity contribution in [2.24, 2.45) is 0 Å². The van der Waals surface area contributed by atoms with Crippen LogP contribution in [0.3, 0.4) is 0 Å². The van der Waals surface area contributed by atoms with Crippen LogP contribution in [0.2, 0.25) is 0 Å². The molecule has 2 rings (SSSR count). The molecular formula is C19H25N3O2. The molecule has 0 aliphatic carbocycles. The van der Waals surface area contributed by atoms with Gasteiger partial charge in [-0.2, -0.15) is 0 Å². The fraction of sp³-hybridized carbons (Fsp3) is 0.368. The number of nitrogens with one attached hydrogen (secondary N) is 1. The zero-order chi connectivity index (χ0) is 17.4. The van der Waals surface area contributed by atoms with Crippen LogP contribution in [0.25, 0.3) is 0 Å². The highest BCUT2D eigenvalue weighted by molar-refractivity contribution is 6.04. The monoisotopic (exact) mass is 327 g/mol. The SMILES string of the molecule is CCCCN(C)c1ccnc(C(=O)Nc2ccccc2OCC)c1. The number of ether oxygens (including phenoxy) is 1. The number of carbonyl (C=O) groups is 1. The Hall–Kier alpha value is -2.56. The number of pyridine rings is 1. The molecule has 0 bridgehead atoms. The summed E-state index contributed by atoms with van der Waals surface area (Å²) in [4.78, 5) is 18.8. The van der Waals surface area contributed by atoms with Gasteiger partial charge in [0.25, 0.3) is 5.91 Å². The van der Waals surface area contributed by atoms with E-state index in [-0.39, 0.29) is 5.91 Å². The Labute approximate surface area is 143 Å². The lowest BCUT2D eigenvalue weighted by Crippen LogP contribution is -2.20. The van der Waals surface area contributed by atoms with E-state index < -0.39 is 0 Å². The first-order valence-corrected chi connectivity index (χ1v) is 8.36. The maximum Gasteiger partial charge on any atom is 0.274 e. The van der Waals surface area contributed by atoms with E-state index in [0.29, 0.717) is 23.7 Å². The van der Waals surface area contributed by atoms with Crippen LogP contribution in [-0.4, -0.2) is 31.1 Å². The topological polar surface area (TPSA) is 54.5 Å². The summed E-state index contributed by atoms with van der Waals surface area (Å²) in [6.07, 6.45) is 3.92. The van der Waals surface area contributed by atoms with Crippen LogP contribution in [-0.2, 0) is 0 Å². The smallest absolute Gasteiger partial charge is 0.274 e. The minimum Gasteiger partial charge on any atom is -0.492 e. The van der Waals surface area contributed by atoms with Gasteiger partial charge in [-0.05, 0) is 37.6 Å². The van der Waals surface area contributed by atoms with E-state index in [9.17, 15) is 4.79 Å². The summed E-state index contributed by atoms with van der Waals surface area (Å²) in [6.45, 7) is 5.57. The second-order valence-corrected chi connectivity index (χ2v) is 5.56. The second kappa shape index (κ2) is 8.91. The molecule has 0 spiro atoms. The van der Waals surface area contributed by atoms with Crippen molar-refractivity contribution in [3.8, 4) is 5.75 Å². The number of hydrogen-bond donors (Lipinski definition) is 1. The lowest BCUT2D eigenvalue weighted by molar-refractivity contribution is 0.102. The molecule has 5 heteroatoms. The predicted octanol–water partition coefficient (Wildman–Crippen LogP) is 3.97. The highest BCUT2D eigenvalue weighted by Gasteiger charge is 2.12. The highest BCUT2D eigenvalue weighted by Crippen LogP contribution is 2.24. The van der Waals surface area contributed by atoms with Crippen LogP contribution in [0, 0.1) is 0 Å². The Balaban J connectivity index is 2.13. The fourth-order valence-corrected chi connectivity index (χ4v) is 2.34. The third kappa shape index (κ3) is 4.72. The van der Waals surface area contributed by atoms with E-state index in [0.717, 1.165) is 25.1 Å². The molecule has 128 valence electrons. The van der Waals surface area contributed by atoms with Gasteiger partial charge in [0.05, 0.1) is 12.3 Å². The van der Waals surface area contributed by atoms with Gasteiger partial charge in [0.15, 0.2) is 0 Å². The molecule has 0 atom stereocenters. The van der Waals surface area contributed by atoms with Crippen LogP contribution in [0.5, 0.6) is 5.75 Å². The zero-order valence-electron chi connectivity index (χ0n) is 14.6. The molecule has 0 aliphatic rings. The summed E-state index contributed by atoms with van der Waals surface area (Å²) >= 11 is 0. The molecule has 0 unspecified atom stereocenters. The lowest BCUT2D eigenvalue weighted by atomic mass is 10.2. The number of carbonyl (C=O) groups excluding carboxylic acids is 1. The van der Waals surface area contributed by atoms with Gasteiger partial charge >= 0.3 is 0 Å². The normalized spacial score (nSPS) is 10.3. The molecule has 1 amide bonds. The molecule has 0 saturated carbocycles. The third-order valence-corrected chi connectivity index (χ3v) is 3.70. The quantitative estimate of drug-likeness (QED) is 0.797. The molecule has 1 aromatic heterocycles. The van der Waals surface area contributed by atoms with Crippen molar-refractivity contribution in [2.75, 3.05) is 30.4 Å². The molecule has 1 heterocycles. The summed E-state index contributed by atoms with van der Waals surface area (Å²) in [5.74, 6) is 0.414. The van der Waals surface area contributed by atoms with Gasteiger partial charge < -0.3 is 15.0 Å². The maximum absolute atomic E-state index is 12.5. The van der Waals surface area contributed by atoms with Gasteiger partial charge in [-0.15, -0.1) is 0 Å². The molecule has 0 aliphatic heterocycles. The number of unbranched alkanes of at least 4 members (excludes halogenated alkanes) is 1. The molecule has 5 nitrogen and oxygen atoms in total. The Morgan fingerprint density at radius 3 is 2.79 bits per heavy atom. The first-order valence-electron chi connectivity index (χ1n) is 8.36. The van der Waals surface area contributed by atoms with Crippen LogP contribution in [0.1, 0.15) is 37.2 Å². The lowest BCUT2D eigenvalue weighted by Gasteiger charge is -2.19. The minimum atomic E-state index is -0.243. The number of hydrogen-bond acceptors (Lipinski definition) is 4. The van der Waals surface area contributed by atoms with Gasteiger partial charge in [0, 0.05) is 25.5 Å². The van der Waals surface area contributed by atoms with E-state index in [4.69, 9.17) is 4.74 Å². The molecule has 2 aromatic rings. The number of amides is 1. The largest absolute Gasteiger partial charge is 0.492 e. The number of benzene rings is 1. The van der Waals surface area contributed by atoms with E-state index in [1.54, 1.807) is 6.20 Å². The highest BCUT2D eigenvalue weighted by atomic mass is 16.5. The maximum atomic E-state index is 12.5. The van der Waals surface area contributed by atoms with E-state index in [1.165, 1.54) is 0 Å². The average molecular weight is 327 g/mol. The number of anilines is 2. The van der Waals surface area contributed by atoms with Crippen molar-refractivity contribution in [1.82, 2.24) is 4.98 Å². The van der Waals surface area contributed by atoms with Crippen molar-refractivity contribution < 1.29 is 9.53 Å². The third-order valence-electron chi connectivity index (χ3n) is 3.70. The number of aromatic nitrogens is 1. The van der Waals surface area contributed by atoms with Gasteiger partial charge in [-0.3, -0.25) is 9.78 Å². The van der Waals surface area contributed by atoms with Gasteiger partial charge in [0.1, 0.15) is 11.4 Å². The molecule has 1 N–H and O–H groups in total. The standard InChI is InChI=1S/C19H25N3O2/c1-4-6-13-22(3)15-11-12-20-17(14-15)19(23)21-16-9-7-8-10-18(16)24-5-2/h7-12,14H,4-6,13H2,1-3H3,(H,21,23). The summed E-state index contributed by atoms with van der Waals surface area (Å²) in [7, 11) is 2.02. The zero-order valence-corrected chi connectivity index (χ0v) is 14.6. The minimum absolute atomic E-state index is 0.243. The Bertz CT molecular complexity index is 673. The summed E-state index contributed by atoms with van der Waals surface area (Å²) in [5, 5.41) is 2.88. The Kier molecular flexibility index (Phi) is 6.61. The van der Waals surface area contributed by atoms with Crippen molar-refractivity contribution in [1.29, 1.82) is 0 Å². The van der Waals surface area contributed by atoms with Crippen LogP contribution >= 0.6 is 0 Å². The Morgan fingerprint density at radius 1 is 1.25 bits per heavy atom. The summed E-state index contributed by atoms with van der Waals surface area (Å²) in [6, 6.07) is 11.1.